The molecule has 8 heteroatoms. The molecule has 0 spiro atoms. The van der Waals surface area contributed by atoms with E-state index in [0.29, 0.717) is 12.2 Å². The van der Waals surface area contributed by atoms with Crippen molar-refractivity contribution in [3.05, 3.63) is 36.0 Å². The first-order valence-electron chi connectivity index (χ1n) is 5.08. The van der Waals surface area contributed by atoms with Crippen molar-refractivity contribution in [1.82, 2.24) is 25.1 Å². The molecule has 0 bridgehead atoms. The average Bonchev–Trinajstić information content (AvgIpc) is 2.79. The van der Waals surface area contributed by atoms with Crippen LogP contribution in [0, 0.1) is 0 Å². The van der Waals surface area contributed by atoms with Crippen LogP contribution in [0.5, 0.6) is 0 Å². The number of hydrogen-bond acceptors (Lipinski definition) is 4. The third-order valence-corrected chi connectivity index (χ3v) is 2.19. The van der Waals surface area contributed by atoms with E-state index in [0.717, 1.165) is 17.1 Å². The Morgan fingerprint density at radius 1 is 1.22 bits per heavy atom. The Kier molecular flexibility index (Phi) is 3.28. The predicted octanol–water partition coefficient (Wildman–Crippen LogP) is 1.40. The Hall–Kier alpha value is -1.96. The summed E-state index contributed by atoms with van der Waals surface area (Å²) in [6.45, 7) is 0.542. The van der Waals surface area contributed by atoms with Gasteiger partial charge in [-0.25, -0.2) is 9.67 Å². The quantitative estimate of drug-likeness (QED) is 0.903. The molecule has 1 N–H and O–H groups in total. The van der Waals surface area contributed by atoms with Gasteiger partial charge >= 0.3 is 6.18 Å². The van der Waals surface area contributed by atoms with Crippen LogP contribution in [0.4, 0.5) is 13.2 Å². The lowest BCUT2D eigenvalue weighted by molar-refractivity contribution is -0.137. The third kappa shape index (κ3) is 2.65. The fourth-order valence-corrected chi connectivity index (χ4v) is 1.33. The molecule has 2 heterocycles. The number of aromatic nitrogens is 4. The second kappa shape index (κ2) is 4.73. The Balaban J connectivity index is 2.23. The fraction of sp³-hybridized carbons (Fsp3) is 0.300. The summed E-state index contributed by atoms with van der Waals surface area (Å²) in [6, 6.07) is 0. The number of halogens is 3. The van der Waals surface area contributed by atoms with Gasteiger partial charge in [0, 0.05) is 12.7 Å². The second-order valence-corrected chi connectivity index (χ2v) is 3.57. The van der Waals surface area contributed by atoms with Crippen molar-refractivity contribution in [1.29, 1.82) is 0 Å². The van der Waals surface area contributed by atoms with E-state index in [2.05, 4.69) is 20.4 Å². The molecule has 0 saturated heterocycles. The minimum Gasteiger partial charge on any atom is -0.314 e. The van der Waals surface area contributed by atoms with Gasteiger partial charge in [-0.2, -0.15) is 18.3 Å². The maximum Gasteiger partial charge on any atom is 0.419 e. The van der Waals surface area contributed by atoms with Crippen molar-refractivity contribution in [2.24, 2.45) is 0 Å². The predicted molar refractivity (Wildman–Crippen MR) is 56.9 cm³/mol. The van der Waals surface area contributed by atoms with Crippen LogP contribution in [-0.2, 0) is 12.7 Å². The molecule has 0 aliphatic heterocycles. The Bertz CT molecular complexity index is 517. The highest BCUT2D eigenvalue weighted by atomic mass is 19.4. The van der Waals surface area contributed by atoms with Crippen molar-refractivity contribution in [2.45, 2.75) is 12.7 Å². The summed E-state index contributed by atoms with van der Waals surface area (Å²) in [6.07, 6.45) is 0.0866. The summed E-state index contributed by atoms with van der Waals surface area (Å²) >= 11 is 0. The van der Waals surface area contributed by atoms with Crippen molar-refractivity contribution >= 4 is 0 Å². The van der Waals surface area contributed by atoms with E-state index < -0.39 is 11.7 Å². The second-order valence-electron chi connectivity index (χ2n) is 3.57. The first-order valence-corrected chi connectivity index (χ1v) is 5.08. The van der Waals surface area contributed by atoms with Gasteiger partial charge in [0.1, 0.15) is 0 Å². The molecule has 18 heavy (non-hydrogen) atoms. The molecule has 96 valence electrons. The summed E-state index contributed by atoms with van der Waals surface area (Å²) in [5.74, 6) is 0.241. The molecule has 0 saturated carbocycles. The Labute approximate surface area is 101 Å². The zero-order valence-electron chi connectivity index (χ0n) is 9.44. The molecule has 2 rings (SSSR count). The largest absolute Gasteiger partial charge is 0.419 e. The summed E-state index contributed by atoms with van der Waals surface area (Å²) < 4.78 is 38.2. The van der Waals surface area contributed by atoms with Crippen LogP contribution in [0.1, 0.15) is 11.3 Å². The van der Waals surface area contributed by atoms with Crippen LogP contribution in [0.25, 0.3) is 5.82 Å². The van der Waals surface area contributed by atoms with Gasteiger partial charge in [0.15, 0.2) is 5.82 Å². The van der Waals surface area contributed by atoms with E-state index in [9.17, 15) is 13.2 Å². The van der Waals surface area contributed by atoms with Gasteiger partial charge in [-0.05, 0) is 7.05 Å². The van der Waals surface area contributed by atoms with E-state index in [1.807, 2.05) is 0 Å². The Morgan fingerprint density at radius 3 is 2.50 bits per heavy atom. The molecule has 0 atom stereocenters. The van der Waals surface area contributed by atoms with Crippen molar-refractivity contribution in [2.75, 3.05) is 7.05 Å². The summed E-state index contributed by atoms with van der Waals surface area (Å²) in [5.41, 5.74) is -0.118. The van der Waals surface area contributed by atoms with Crippen LogP contribution < -0.4 is 5.32 Å². The van der Waals surface area contributed by atoms with E-state index in [-0.39, 0.29) is 5.82 Å². The molecular weight excluding hydrogens is 247 g/mol. The highest BCUT2D eigenvalue weighted by Crippen LogP contribution is 2.28. The first-order chi connectivity index (χ1) is 8.50. The van der Waals surface area contributed by atoms with Gasteiger partial charge in [-0.3, -0.25) is 4.98 Å². The molecular formula is C10H10F3N5. The topological polar surface area (TPSA) is 55.6 Å². The molecule has 0 aliphatic rings. The maximum atomic E-state index is 12.4. The fourth-order valence-electron chi connectivity index (χ4n) is 1.33. The van der Waals surface area contributed by atoms with Gasteiger partial charge < -0.3 is 5.32 Å². The van der Waals surface area contributed by atoms with Crippen LogP contribution in [0.2, 0.25) is 0 Å². The average molecular weight is 257 g/mol. The molecule has 0 aromatic carbocycles. The SMILES string of the molecule is CNCc1cnc(-n2cc(C(F)(F)F)cn2)cn1. The highest BCUT2D eigenvalue weighted by molar-refractivity contribution is 5.21. The summed E-state index contributed by atoms with van der Waals surface area (Å²) in [7, 11) is 1.76. The van der Waals surface area contributed by atoms with Gasteiger partial charge in [0.25, 0.3) is 0 Å². The third-order valence-electron chi connectivity index (χ3n) is 2.19. The smallest absolute Gasteiger partial charge is 0.314 e. The van der Waals surface area contributed by atoms with Gasteiger partial charge in [0.2, 0.25) is 0 Å². The lowest BCUT2D eigenvalue weighted by Gasteiger charge is -2.02. The minimum atomic E-state index is -4.41. The summed E-state index contributed by atoms with van der Waals surface area (Å²) in [4.78, 5) is 8.04. The van der Waals surface area contributed by atoms with E-state index in [1.54, 1.807) is 7.05 Å². The summed E-state index contributed by atoms with van der Waals surface area (Å²) in [5, 5.41) is 6.50. The molecule has 5 nitrogen and oxygen atoms in total. The number of nitrogens with zero attached hydrogens (tertiary/aromatic N) is 4. The van der Waals surface area contributed by atoms with E-state index in [4.69, 9.17) is 0 Å². The molecule has 2 aromatic heterocycles. The van der Waals surface area contributed by atoms with Crippen molar-refractivity contribution in [3.8, 4) is 5.82 Å². The van der Waals surface area contributed by atoms with Crippen LogP contribution in [-0.4, -0.2) is 26.8 Å². The molecule has 2 aromatic rings. The molecule has 0 radical (unpaired) electrons. The maximum absolute atomic E-state index is 12.4. The molecule has 0 amide bonds. The standard InChI is InChI=1S/C10H10F3N5/c1-14-3-8-4-16-9(5-15-8)18-6-7(2-17-18)10(11,12)13/h2,4-6,14H,3H2,1H3. The number of nitrogens with one attached hydrogen (secondary N) is 1. The number of hydrogen-bond donors (Lipinski definition) is 1. The van der Waals surface area contributed by atoms with Gasteiger partial charge in [-0.15, -0.1) is 0 Å². The molecule has 0 aliphatic carbocycles. The highest BCUT2D eigenvalue weighted by Gasteiger charge is 2.32. The normalized spacial score (nSPS) is 11.8. The van der Waals surface area contributed by atoms with Crippen LogP contribution in [0.15, 0.2) is 24.8 Å². The van der Waals surface area contributed by atoms with Crippen LogP contribution >= 0.6 is 0 Å². The lowest BCUT2D eigenvalue weighted by Crippen LogP contribution is -2.08. The first kappa shape index (κ1) is 12.5. The van der Waals surface area contributed by atoms with E-state index >= 15 is 0 Å². The Morgan fingerprint density at radius 2 is 2.00 bits per heavy atom. The zero-order chi connectivity index (χ0) is 13.2. The number of rotatable bonds is 3. The minimum absolute atomic E-state index is 0.241. The van der Waals surface area contributed by atoms with Crippen molar-refractivity contribution in [3.63, 3.8) is 0 Å². The molecule has 0 fully saturated rings. The van der Waals surface area contributed by atoms with Gasteiger partial charge in [0.05, 0.1) is 29.8 Å². The number of alkyl halides is 3. The lowest BCUT2D eigenvalue weighted by atomic mass is 10.4. The van der Waals surface area contributed by atoms with Crippen molar-refractivity contribution < 1.29 is 13.2 Å². The van der Waals surface area contributed by atoms with E-state index in [1.165, 1.54) is 12.4 Å². The van der Waals surface area contributed by atoms with Crippen LogP contribution in [0.3, 0.4) is 0 Å². The monoisotopic (exact) mass is 257 g/mol. The molecule has 0 unspecified atom stereocenters. The zero-order valence-corrected chi connectivity index (χ0v) is 9.44. The van der Waals surface area contributed by atoms with Gasteiger partial charge in [-0.1, -0.05) is 0 Å².